The number of hydrogen-bond acceptors (Lipinski definition) is 1. The first kappa shape index (κ1) is 16.7. The Kier molecular flexibility index (Phi) is 13.5. The van der Waals surface area contributed by atoms with E-state index >= 15 is 0 Å². The van der Waals surface area contributed by atoms with Gasteiger partial charge in [-0.05, 0) is 32.1 Å². The van der Waals surface area contributed by atoms with Crippen molar-refractivity contribution in [1.82, 2.24) is 0 Å². The molecule has 0 fully saturated rings. The fourth-order valence-electron chi connectivity index (χ4n) is 2.02. The molecule has 0 atom stereocenters. The van der Waals surface area contributed by atoms with Crippen molar-refractivity contribution in [3.05, 3.63) is 0 Å². The summed E-state index contributed by atoms with van der Waals surface area (Å²) in [5, 5.41) is 0. The summed E-state index contributed by atoms with van der Waals surface area (Å²) in [7, 11) is 0. The van der Waals surface area contributed by atoms with Crippen LogP contribution in [0.5, 0.6) is 0 Å². The van der Waals surface area contributed by atoms with E-state index < -0.39 is 0 Å². The van der Waals surface area contributed by atoms with E-state index in [2.05, 4.69) is 20.8 Å². The van der Waals surface area contributed by atoms with Crippen LogP contribution < -0.4 is 0 Å². The maximum atomic E-state index is 4.81. The molecule has 0 aromatic carbocycles. The molecule has 0 radical (unpaired) electrons. The van der Waals surface area contributed by atoms with E-state index in [0.29, 0.717) is 0 Å². The summed E-state index contributed by atoms with van der Waals surface area (Å²) in [6.45, 7) is 7.87. The lowest BCUT2D eigenvalue weighted by atomic mass is 10.1. The first-order chi connectivity index (χ1) is 8.35. The highest BCUT2D eigenvalue weighted by molar-refractivity contribution is 5.84. The molecule has 0 aromatic rings. The largest absolute Gasteiger partial charge is 0.294 e. The molecule has 0 heterocycles. The molecule has 0 saturated carbocycles. The van der Waals surface area contributed by atoms with Crippen molar-refractivity contribution in [2.24, 2.45) is 4.99 Å². The molecular formula is C16H33N. The van der Waals surface area contributed by atoms with Crippen LogP contribution in [-0.2, 0) is 0 Å². The molecule has 0 aliphatic carbocycles. The molecular weight excluding hydrogens is 206 g/mol. The second-order valence-corrected chi connectivity index (χ2v) is 5.07. The second kappa shape index (κ2) is 13.7. The van der Waals surface area contributed by atoms with Crippen LogP contribution in [-0.4, -0.2) is 12.3 Å². The summed E-state index contributed by atoms with van der Waals surface area (Å²) in [5.41, 5.74) is 1.50. The van der Waals surface area contributed by atoms with Crippen molar-refractivity contribution in [2.75, 3.05) is 6.54 Å². The maximum Gasteiger partial charge on any atom is 0.0388 e. The van der Waals surface area contributed by atoms with Gasteiger partial charge in [-0.2, -0.15) is 0 Å². The average Bonchev–Trinajstić information content (AvgIpc) is 2.35. The van der Waals surface area contributed by atoms with E-state index in [-0.39, 0.29) is 0 Å². The summed E-state index contributed by atoms with van der Waals surface area (Å²) >= 11 is 0. The molecule has 0 saturated heterocycles. The van der Waals surface area contributed by atoms with Crippen LogP contribution in [0.2, 0.25) is 0 Å². The van der Waals surface area contributed by atoms with Crippen molar-refractivity contribution in [1.29, 1.82) is 0 Å². The Morgan fingerprint density at radius 2 is 1.24 bits per heavy atom. The highest BCUT2D eigenvalue weighted by Crippen LogP contribution is 2.09. The van der Waals surface area contributed by atoms with Gasteiger partial charge in [0.1, 0.15) is 0 Å². The third kappa shape index (κ3) is 11.9. The zero-order valence-corrected chi connectivity index (χ0v) is 12.4. The first-order valence-corrected chi connectivity index (χ1v) is 7.87. The third-order valence-corrected chi connectivity index (χ3v) is 3.23. The molecule has 17 heavy (non-hydrogen) atoms. The Bertz CT molecular complexity index is 172. The maximum absolute atomic E-state index is 4.81. The molecule has 0 amide bonds. The third-order valence-electron chi connectivity index (χ3n) is 3.23. The van der Waals surface area contributed by atoms with Gasteiger partial charge in [-0.25, -0.2) is 0 Å². The Morgan fingerprint density at radius 1 is 0.647 bits per heavy atom. The quantitative estimate of drug-likeness (QED) is 0.302. The molecule has 102 valence electrons. The van der Waals surface area contributed by atoms with Gasteiger partial charge in [0.2, 0.25) is 0 Å². The lowest BCUT2D eigenvalue weighted by Gasteiger charge is -2.06. The smallest absolute Gasteiger partial charge is 0.0388 e. The molecule has 0 aliphatic rings. The highest BCUT2D eigenvalue weighted by atomic mass is 14.7. The van der Waals surface area contributed by atoms with Crippen molar-refractivity contribution in [3.8, 4) is 0 Å². The average molecular weight is 239 g/mol. The summed E-state index contributed by atoms with van der Waals surface area (Å²) in [6, 6.07) is 0. The topological polar surface area (TPSA) is 12.4 Å². The van der Waals surface area contributed by atoms with Gasteiger partial charge in [0, 0.05) is 12.3 Å². The molecule has 1 nitrogen and oxygen atoms in total. The molecule has 0 aromatic heterocycles. The Hall–Kier alpha value is -0.330. The summed E-state index contributed by atoms with van der Waals surface area (Å²) in [6.07, 6.45) is 14.5. The van der Waals surface area contributed by atoms with Crippen LogP contribution in [0, 0.1) is 0 Å². The van der Waals surface area contributed by atoms with E-state index in [1.165, 1.54) is 76.3 Å². The molecule has 0 N–H and O–H groups in total. The van der Waals surface area contributed by atoms with E-state index in [4.69, 9.17) is 4.99 Å². The van der Waals surface area contributed by atoms with Gasteiger partial charge in [-0.1, -0.05) is 59.3 Å². The van der Waals surface area contributed by atoms with Crippen LogP contribution in [0.15, 0.2) is 4.99 Å². The molecule has 0 rings (SSSR count). The Morgan fingerprint density at radius 3 is 1.88 bits per heavy atom. The number of rotatable bonds is 12. The Balaban J connectivity index is 3.77. The fraction of sp³-hybridized carbons (Fsp3) is 0.938. The van der Waals surface area contributed by atoms with Crippen molar-refractivity contribution in [3.63, 3.8) is 0 Å². The van der Waals surface area contributed by atoms with Gasteiger partial charge in [0.05, 0.1) is 0 Å². The highest BCUT2D eigenvalue weighted by Gasteiger charge is 1.99. The minimum absolute atomic E-state index is 1.07. The second-order valence-electron chi connectivity index (χ2n) is 5.07. The van der Waals surface area contributed by atoms with E-state index in [1.54, 1.807) is 0 Å². The van der Waals surface area contributed by atoms with Gasteiger partial charge in [0.15, 0.2) is 0 Å². The first-order valence-electron chi connectivity index (χ1n) is 7.87. The molecule has 1 heteroatoms. The predicted molar refractivity (Wildman–Crippen MR) is 80.1 cm³/mol. The van der Waals surface area contributed by atoms with Crippen molar-refractivity contribution in [2.45, 2.75) is 91.4 Å². The van der Waals surface area contributed by atoms with Crippen molar-refractivity contribution < 1.29 is 0 Å². The van der Waals surface area contributed by atoms with Crippen LogP contribution in [0.1, 0.15) is 91.4 Å². The molecule has 0 bridgehead atoms. The number of aliphatic imine (C=N–C) groups is 1. The standard InChI is InChI=1S/C16H33N/c1-4-7-10-11-14-16(13-9-6-3)17-15-12-8-5-2/h4-15H2,1-3H3. The van der Waals surface area contributed by atoms with Crippen LogP contribution in [0.25, 0.3) is 0 Å². The van der Waals surface area contributed by atoms with Gasteiger partial charge in [-0.3, -0.25) is 4.99 Å². The number of unbranched alkanes of at least 4 members (excludes halogenated alkanes) is 6. The molecule has 0 aliphatic heterocycles. The zero-order chi connectivity index (χ0) is 12.8. The minimum Gasteiger partial charge on any atom is -0.294 e. The number of nitrogens with zero attached hydrogens (tertiary/aromatic N) is 1. The van der Waals surface area contributed by atoms with Crippen LogP contribution in [0.3, 0.4) is 0 Å². The fourth-order valence-corrected chi connectivity index (χ4v) is 2.02. The number of hydrogen-bond donors (Lipinski definition) is 0. The summed E-state index contributed by atoms with van der Waals surface area (Å²) in [4.78, 5) is 4.81. The van der Waals surface area contributed by atoms with Gasteiger partial charge < -0.3 is 0 Å². The lowest BCUT2D eigenvalue weighted by Crippen LogP contribution is -2.00. The zero-order valence-electron chi connectivity index (χ0n) is 12.4. The monoisotopic (exact) mass is 239 g/mol. The predicted octanol–water partition coefficient (Wildman–Crippen LogP) is 5.78. The van der Waals surface area contributed by atoms with Gasteiger partial charge in [0.25, 0.3) is 0 Å². The van der Waals surface area contributed by atoms with Gasteiger partial charge >= 0.3 is 0 Å². The van der Waals surface area contributed by atoms with Crippen LogP contribution >= 0.6 is 0 Å². The summed E-state index contributed by atoms with van der Waals surface area (Å²) < 4.78 is 0. The van der Waals surface area contributed by atoms with Gasteiger partial charge in [-0.15, -0.1) is 0 Å². The Labute approximate surface area is 109 Å². The van der Waals surface area contributed by atoms with Crippen LogP contribution in [0.4, 0.5) is 0 Å². The molecule has 0 spiro atoms. The minimum atomic E-state index is 1.07. The lowest BCUT2D eigenvalue weighted by molar-refractivity contribution is 0.672. The van der Waals surface area contributed by atoms with E-state index in [0.717, 1.165) is 6.54 Å². The van der Waals surface area contributed by atoms with E-state index in [1.807, 2.05) is 0 Å². The molecule has 0 unspecified atom stereocenters. The summed E-state index contributed by atoms with van der Waals surface area (Å²) in [5.74, 6) is 0. The van der Waals surface area contributed by atoms with E-state index in [9.17, 15) is 0 Å². The van der Waals surface area contributed by atoms with Crippen molar-refractivity contribution >= 4 is 5.71 Å². The normalized spacial score (nSPS) is 12.1. The SMILES string of the molecule is CCCCCCC(CCCC)=NCCCCC.